The van der Waals surface area contributed by atoms with E-state index in [0.717, 1.165) is 33.5 Å². The Kier molecular flexibility index (Phi) is 5.94. The predicted molar refractivity (Wildman–Crippen MR) is 117 cm³/mol. The highest BCUT2D eigenvalue weighted by atomic mass is 32.2. The van der Waals surface area contributed by atoms with Crippen molar-refractivity contribution >= 4 is 11.8 Å². The second-order valence-corrected chi connectivity index (χ2v) is 7.08. The lowest BCUT2D eigenvalue weighted by molar-refractivity contribution is 0.416. The van der Waals surface area contributed by atoms with Gasteiger partial charge in [0.15, 0.2) is 11.0 Å². The summed E-state index contributed by atoms with van der Waals surface area (Å²) < 4.78 is 7.59. The first-order valence-electron chi connectivity index (χ1n) is 9.18. The van der Waals surface area contributed by atoms with Gasteiger partial charge in [0.2, 0.25) is 0 Å². The standard InChI is InChI=1S/C24H19N3OS/c1-28-22-17-9-8-16-21(22)23-25-26-24(27(23)20-14-6-3-7-15-20)29-18-10-13-19-11-4-2-5-12-19/h2-9,11-12,14-17H,18H2,1H3. The molecule has 0 amide bonds. The van der Waals surface area contributed by atoms with Crippen LogP contribution in [0.15, 0.2) is 90.1 Å². The fourth-order valence-electron chi connectivity index (χ4n) is 2.94. The van der Waals surface area contributed by atoms with E-state index in [4.69, 9.17) is 4.74 Å². The zero-order chi connectivity index (χ0) is 19.9. The summed E-state index contributed by atoms with van der Waals surface area (Å²) in [4.78, 5) is 0. The van der Waals surface area contributed by atoms with Gasteiger partial charge < -0.3 is 4.74 Å². The van der Waals surface area contributed by atoms with Crippen molar-refractivity contribution in [2.24, 2.45) is 0 Å². The fourth-order valence-corrected chi connectivity index (χ4v) is 3.63. The van der Waals surface area contributed by atoms with Crippen molar-refractivity contribution in [2.75, 3.05) is 12.9 Å². The first kappa shape index (κ1) is 18.9. The molecule has 1 aromatic heterocycles. The molecule has 142 valence electrons. The maximum absolute atomic E-state index is 5.54. The van der Waals surface area contributed by atoms with E-state index >= 15 is 0 Å². The number of thioether (sulfide) groups is 1. The maximum atomic E-state index is 5.54. The number of ether oxygens (including phenoxy) is 1. The molecule has 5 heteroatoms. The lowest BCUT2D eigenvalue weighted by Crippen LogP contribution is -2.00. The molecule has 0 aliphatic rings. The van der Waals surface area contributed by atoms with E-state index in [1.807, 2.05) is 89.5 Å². The van der Waals surface area contributed by atoms with E-state index in [9.17, 15) is 0 Å². The molecular weight excluding hydrogens is 378 g/mol. The van der Waals surface area contributed by atoms with Crippen LogP contribution in [-0.2, 0) is 0 Å². The Morgan fingerprint density at radius 3 is 2.31 bits per heavy atom. The van der Waals surface area contributed by atoms with Crippen molar-refractivity contribution in [1.29, 1.82) is 0 Å². The molecule has 0 bridgehead atoms. The molecule has 4 aromatic rings. The lowest BCUT2D eigenvalue weighted by atomic mass is 10.2. The van der Waals surface area contributed by atoms with Gasteiger partial charge in [0.25, 0.3) is 0 Å². The molecule has 0 atom stereocenters. The van der Waals surface area contributed by atoms with Crippen LogP contribution in [0.3, 0.4) is 0 Å². The largest absolute Gasteiger partial charge is 0.496 e. The molecule has 0 N–H and O–H groups in total. The van der Waals surface area contributed by atoms with Gasteiger partial charge >= 0.3 is 0 Å². The van der Waals surface area contributed by atoms with E-state index in [-0.39, 0.29) is 0 Å². The molecule has 0 fully saturated rings. The average molecular weight is 398 g/mol. The van der Waals surface area contributed by atoms with Gasteiger partial charge in [-0.2, -0.15) is 0 Å². The first-order valence-corrected chi connectivity index (χ1v) is 10.2. The summed E-state index contributed by atoms with van der Waals surface area (Å²) in [5.41, 5.74) is 2.90. The SMILES string of the molecule is COc1ccccc1-c1nnc(SCC#Cc2ccccc2)n1-c1ccccc1. The van der Waals surface area contributed by atoms with Crippen LogP contribution < -0.4 is 4.74 Å². The van der Waals surface area contributed by atoms with Crippen LogP contribution in [0.1, 0.15) is 5.56 Å². The second-order valence-electron chi connectivity index (χ2n) is 6.13. The Bertz CT molecular complexity index is 1140. The fraction of sp³-hybridized carbons (Fsp3) is 0.0833. The topological polar surface area (TPSA) is 39.9 Å². The number of hydrogen-bond acceptors (Lipinski definition) is 4. The summed E-state index contributed by atoms with van der Waals surface area (Å²) in [5.74, 6) is 8.51. The summed E-state index contributed by atoms with van der Waals surface area (Å²) in [6, 6.07) is 27.9. The highest BCUT2D eigenvalue weighted by Gasteiger charge is 2.18. The zero-order valence-electron chi connectivity index (χ0n) is 15.9. The van der Waals surface area contributed by atoms with Gasteiger partial charge in [0, 0.05) is 11.3 Å². The Balaban J connectivity index is 1.68. The van der Waals surface area contributed by atoms with Crippen molar-refractivity contribution in [1.82, 2.24) is 14.8 Å². The number of para-hydroxylation sites is 2. The van der Waals surface area contributed by atoms with Crippen LogP contribution in [0.4, 0.5) is 0 Å². The van der Waals surface area contributed by atoms with Crippen LogP contribution in [0.25, 0.3) is 17.1 Å². The number of rotatable bonds is 5. The maximum Gasteiger partial charge on any atom is 0.197 e. The molecule has 0 spiro atoms. The van der Waals surface area contributed by atoms with Gasteiger partial charge in [-0.3, -0.25) is 4.57 Å². The zero-order valence-corrected chi connectivity index (χ0v) is 16.8. The number of methoxy groups -OCH3 is 1. The van der Waals surface area contributed by atoms with Crippen molar-refractivity contribution < 1.29 is 4.74 Å². The Morgan fingerprint density at radius 1 is 0.862 bits per heavy atom. The van der Waals surface area contributed by atoms with Gasteiger partial charge in [0.05, 0.1) is 18.4 Å². The molecule has 0 saturated carbocycles. The van der Waals surface area contributed by atoms with Gasteiger partial charge in [-0.1, -0.05) is 72.1 Å². The summed E-state index contributed by atoms with van der Waals surface area (Å²) in [7, 11) is 1.66. The molecule has 0 aliphatic heterocycles. The van der Waals surface area contributed by atoms with Crippen LogP contribution >= 0.6 is 11.8 Å². The molecular formula is C24H19N3OS. The van der Waals surface area contributed by atoms with Gasteiger partial charge in [0.1, 0.15) is 5.75 Å². The molecule has 3 aromatic carbocycles. The molecule has 0 saturated heterocycles. The minimum Gasteiger partial charge on any atom is -0.496 e. The second kappa shape index (κ2) is 9.13. The number of benzene rings is 3. The third-order valence-electron chi connectivity index (χ3n) is 4.28. The highest BCUT2D eigenvalue weighted by Crippen LogP contribution is 2.33. The van der Waals surface area contributed by atoms with E-state index in [1.165, 1.54) is 0 Å². The van der Waals surface area contributed by atoms with E-state index in [2.05, 4.69) is 22.0 Å². The minimum absolute atomic E-state index is 0.617. The summed E-state index contributed by atoms with van der Waals surface area (Å²) in [6.45, 7) is 0. The summed E-state index contributed by atoms with van der Waals surface area (Å²) >= 11 is 1.57. The average Bonchev–Trinajstić information content (AvgIpc) is 3.21. The Labute approximate surface area is 174 Å². The van der Waals surface area contributed by atoms with Gasteiger partial charge in [-0.25, -0.2) is 0 Å². The van der Waals surface area contributed by atoms with Crippen LogP contribution in [0.2, 0.25) is 0 Å². The van der Waals surface area contributed by atoms with E-state index in [0.29, 0.717) is 5.75 Å². The highest BCUT2D eigenvalue weighted by molar-refractivity contribution is 7.99. The molecule has 0 unspecified atom stereocenters. The monoisotopic (exact) mass is 397 g/mol. The summed E-state index contributed by atoms with van der Waals surface area (Å²) in [5, 5.41) is 9.70. The molecule has 1 heterocycles. The smallest absolute Gasteiger partial charge is 0.197 e. The third-order valence-corrected chi connectivity index (χ3v) is 5.09. The van der Waals surface area contributed by atoms with Crippen LogP contribution in [0, 0.1) is 11.8 Å². The van der Waals surface area contributed by atoms with Crippen LogP contribution in [0.5, 0.6) is 5.75 Å². The van der Waals surface area contributed by atoms with Crippen LogP contribution in [-0.4, -0.2) is 27.6 Å². The molecule has 29 heavy (non-hydrogen) atoms. The lowest BCUT2D eigenvalue weighted by Gasteiger charge is -2.12. The van der Waals surface area contributed by atoms with Crippen molar-refractivity contribution in [3.63, 3.8) is 0 Å². The molecule has 0 aliphatic carbocycles. The molecule has 0 radical (unpaired) electrons. The molecule has 4 rings (SSSR count). The summed E-state index contributed by atoms with van der Waals surface area (Å²) in [6.07, 6.45) is 0. The van der Waals surface area contributed by atoms with Crippen molar-refractivity contribution in [2.45, 2.75) is 5.16 Å². The minimum atomic E-state index is 0.617. The first-order chi connectivity index (χ1) is 14.4. The predicted octanol–water partition coefficient (Wildman–Crippen LogP) is 5.09. The Morgan fingerprint density at radius 2 is 1.55 bits per heavy atom. The van der Waals surface area contributed by atoms with E-state index < -0.39 is 0 Å². The Hall–Kier alpha value is -3.49. The van der Waals surface area contributed by atoms with Crippen molar-refractivity contribution in [3.05, 3.63) is 90.5 Å². The van der Waals surface area contributed by atoms with Gasteiger partial charge in [-0.05, 0) is 36.4 Å². The quantitative estimate of drug-likeness (QED) is 0.347. The number of aromatic nitrogens is 3. The van der Waals surface area contributed by atoms with E-state index in [1.54, 1.807) is 18.9 Å². The van der Waals surface area contributed by atoms with Crippen molar-refractivity contribution in [3.8, 4) is 34.7 Å². The normalized spacial score (nSPS) is 10.2. The number of nitrogens with zero attached hydrogens (tertiary/aromatic N) is 3. The number of hydrogen-bond donors (Lipinski definition) is 0. The van der Waals surface area contributed by atoms with Gasteiger partial charge in [-0.15, -0.1) is 10.2 Å². The third kappa shape index (κ3) is 4.34. The molecule has 4 nitrogen and oxygen atoms in total.